The average Bonchev–Trinajstić information content (AvgIpc) is 3.16. The minimum atomic E-state index is -0.0806. The van der Waals surface area contributed by atoms with Crippen molar-refractivity contribution >= 4 is 23.0 Å². The Morgan fingerprint density at radius 3 is 2.34 bits per heavy atom. The number of anilines is 1. The van der Waals surface area contributed by atoms with E-state index in [2.05, 4.69) is 128 Å². The zero-order valence-electron chi connectivity index (χ0n) is 21.9. The molecule has 2 aliphatic heterocycles. The first-order valence-electron chi connectivity index (χ1n) is 12.5. The third-order valence-corrected chi connectivity index (χ3v) is 7.40. The molecule has 35 heavy (non-hydrogen) atoms. The van der Waals surface area contributed by atoms with Gasteiger partial charge in [-0.1, -0.05) is 68.5 Å². The van der Waals surface area contributed by atoms with E-state index in [1.165, 1.54) is 33.9 Å². The van der Waals surface area contributed by atoms with Gasteiger partial charge in [0.05, 0.1) is 5.41 Å². The van der Waals surface area contributed by atoms with E-state index in [-0.39, 0.29) is 16.7 Å². The van der Waals surface area contributed by atoms with Gasteiger partial charge in [0.25, 0.3) is 0 Å². The Morgan fingerprint density at radius 2 is 1.63 bits per heavy atom. The molecule has 0 saturated heterocycles. The molecule has 4 nitrogen and oxygen atoms in total. The van der Waals surface area contributed by atoms with Crippen LogP contribution in [0.1, 0.15) is 52.2 Å². The molecule has 2 aromatic carbocycles. The summed E-state index contributed by atoms with van der Waals surface area (Å²) in [4.78, 5) is 13.7. The lowest BCUT2D eigenvalue weighted by Crippen LogP contribution is -2.30. The number of benzene rings is 2. The van der Waals surface area contributed by atoms with Gasteiger partial charge in [0.2, 0.25) is 11.6 Å². The van der Waals surface area contributed by atoms with Crippen LogP contribution in [-0.2, 0) is 15.6 Å². The van der Waals surface area contributed by atoms with Crippen molar-refractivity contribution < 1.29 is 9.37 Å². The second-order valence-electron chi connectivity index (χ2n) is 10.5. The maximum atomic E-state index is 11.3. The smallest absolute Gasteiger partial charge is 0.216 e. The van der Waals surface area contributed by atoms with E-state index in [9.17, 15) is 4.79 Å². The quantitative estimate of drug-likeness (QED) is 0.307. The summed E-state index contributed by atoms with van der Waals surface area (Å²) >= 11 is 0. The topological polar surface area (TPSA) is 35.4 Å². The fourth-order valence-electron chi connectivity index (χ4n) is 5.54. The van der Waals surface area contributed by atoms with Gasteiger partial charge in [-0.05, 0) is 38.0 Å². The molecule has 0 bridgehead atoms. The lowest BCUT2D eigenvalue weighted by atomic mass is 9.81. The van der Waals surface area contributed by atoms with Gasteiger partial charge in [-0.2, -0.15) is 4.58 Å². The van der Waals surface area contributed by atoms with Gasteiger partial charge in [0.15, 0.2) is 5.71 Å². The second kappa shape index (κ2) is 9.69. The van der Waals surface area contributed by atoms with Crippen LogP contribution in [0.3, 0.4) is 0 Å². The molecule has 0 aliphatic carbocycles. The van der Waals surface area contributed by atoms with Crippen LogP contribution in [0.2, 0.25) is 0 Å². The first-order chi connectivity index (χ1) is 16.7. The van der Waals surface area contributed by atoms with Gasteiger partial charge >= 0.3 is 0 Å². The third kappa shape index (κ3) is 4.62. The fraction of sp³-hybridized carbons (Fsp3) is 0.355. The molecule has 1 amide bonds. The van der Waals surface area contributed by atoms with Crippen molar-refractivity contribution in [3.8, 4) is 0 Å². The van der Waals surface area contributed by atoms with Crippen molar-refractivity contribution in [3.63, 3.8) is 0 Å². The van der Waals surface area contributed by atoms with Crippen LogP contribution in [0.4, 0.5) is 11.4 Å². The Morgan fingerprint density at radius 1 is 0.943 bits per heavy atom. The van der Waals surface area contributed by atoms with Crippen LogP contribution >= 0.6 is 0 Å². The fourth-order valence-corrected chi connectivity index (χ4v) is 5.54. The standard InChI is InChI=1S/C31H37N3O/c1-23(35)32-21-14-22-34-27-18-13-11-16-25(27)31(4,5)29(34)20-9-7-8-19-28-30(2,3)24-15-10-12-17-26(24)33(28)6/h7-13,15-20H,14,21-22H2,1-6H3/p+1. The number of fused-ring (bicyclic) bond motifs is 2. The summed E-state index contributed by atoms with van der Waals surface area (Å²) in [5, 5.41) is 2.92. The summed E-state index contributed by atoms with van der Waals surface area (Å²) in [7, 11) is 2.15. The van der Waals surface area contributed by atoms with Gasteiger partial charge in [-0.15, -0.1) is 0 Å². The molecule has 0 saturated carbocycles. The van der Waals surface area contributed by atoms with Crippen molar-refractivity contribution in [2.45, 2.75) is 51.9 Å². The van der Waals surface area contributed by atoms with Crippen LogP contribution in [0.15, 0.2) is 84.6 Å². The Bertz CT molecular complexity index is 1240. The summed E-state index contributed by atoms with van der Waals surface area (Å²) < 4.78 is 2.30. The van der Waals surface area contributed by atoms with Crippen molar-refractivity contribution in [2.75, 3.05) is 25.0 Å². The maximum Gasteiger partial charge on any atom is 0.216 e. The third-order valence-electron chi connectivity index (χ3n) is 7.40. The summed E-state index contributed by atoms with van der Waals surface area (Å²) in [5.74, 6) is 0.0229. The number of amides is 1. The van der Waals surface area contributed by atoms with Crippen molar-refractivity contribution in [1.29, 1.82) is 0 Å². The number of hydrogen-bond acceptors (Lipinski definition) is 2. The molecule has 4 rings (SSSR count). The van der Waals surface area contributed by atoms with Crippen LogP contribution < -0.4 is 10.2 Å². The van der Waals surface area contributed by atoms with E-state index in [4.69, 9.17) is 0 Å². The molecule has 0 fully saturated rings. The molecule has 2 heterocycles. The summed E-state index contributed by atoms with van der Waals surface area (Å²) in [6.45, 7) is 12.3. The number of allylic oxidation sites excluding steroid dienone is 6. The normalized spacial score (nSPS) is 19.1. The van der Waals surface area contributed by atoms with E-state index in [0.717, 1.165) is 13.0 Å². The Balaban J connectivity index is 1.55. The number of nitrogens with zero attached hydrogens (tertiary/aromatic N) is 2. The maximum absolute atomic E-state index is 11.3. The molecule has 2 aromatic rings. The van der Waals surface area contributed by atoms with E-state index >= 15 is 0 Å². The molecule has 182 valence electrons. The van der Waals surface area contributed by atoms with Gasteiger partial charge in [-0.25, -0.2) is 0 Å². The Hall–Kier alpha value is -3.40. The van der Waals surface area contributed by atoms with Crippen LogP contribution in [-0.4, -0.2) is 36.3 Å². The molecule has 0 spiro atoms. The zero-order chi connectivity index (χ0) is 25.2. The number of nitrogens with one attached hydrogen (secondary N) is 1. The molecular weight excluding hydrogens is 430 g/mol. The highest BCUT2D eigenvalue weighted by molar-refractivity contribution is 6.03. The predicted molar refractivity (Wildman–Crippen MR) is 147 cm³/mol. The zero-order valence-corrected chi connectivity index (χ0v) is 21.9. The van der Waals surface area contributed by atoms with E-state index in [1.54, 1.807) is 6.92 Å². The van der Waals surface area contributed by atoms with Gasteiger partial charge < -0.3 is 10.2 Å². The molecular formula is C31H38N3O+. The highest BCUT2D eigenvalue weighted by Crippen LogP contribution is 2.47. The van der Waals surface area contributed by atoms with Crippen LogP contribution in [0.5, 0.6) is 0 Å². The Kier molecular flexibility index (Phi) is 6.84. The summed E-state index contributed by atoms with van der Waals surface area (Å²) in [5.41, 5.74) is 7.73. The number of carbonyl (C=O) groups is 1. The molecule has 0 aromatic heterocycles. The number of para-hydroxylation sites is 2. The largest absolute Gasteiger partial charge is 0.356 e. The van der Waals surface area contributed by atoms with Gasteiger partial charge in [-0.3, -0.25) is 4.79 Å². The molecule has 0 atom stereocenters. The van der Waals surface area contributed by atoms with Crippen LogP contribution in [0, 0.1) is 0 Å². The lowest BCUT2D eigenvalue weighted by Gasteiger charge is -2.27. The van der Waals surface area contributed by atoms with Gasteiger partial charge in [0, 0.05) is 54.5 Å². The number of carbonyl (C=O) groups excluding carboxylic acids is 1. The summed E-state index contributed by atoms with van der Waals surface area (Å²) in [6.07, 6.45) is 11.8. The Labute approximate surface area is 210 Å². The number of hydrogen-bond donors (Lipinski definition) is 1. The number of rotatable bonds is 7. The van der Waals surface area contributed by atoms with Crippen LogP contribution in [0.25, 0.3) is 0 Å². The monoisotopic (exact) mass is 468 g/mol. The SMILES string of the molecule is CC(=O)NCCCN1C(=CC=CC=CC2=[N+](C)c3ccccc3C2(C)C)C(C)(C)c2ccccc21. The molecule has 2 aliphatic rings. The molecule has 1 N–H and O–H groups in total. The van der Waals surface area contributed by atoms with Crippen molar-refractivity contribution in [3.05, 3.63) is 95.7 Å². The minimum absolute atomic E-state index is 0.0199. The lowest BCUT2D eigenvalue weighted by molar-refractivity contribution is -0.401. The first kappa shape index (κ1) is 24.7. The highest BCUT2D eigenvalue weighted by Gasteiger charge is 2.42. The van der Waals surface area contributed by atoms with Gasteiger partial charge in [0.1, 0.15) is 7.05 Å². The second-order valence-corrected chi connectivity index (χ2v) is 10.5. The molecule has 0 unspecified atom stereocenters. The minimum Gasteiger partial charge on any atom is -0.356 e. The summed E-state index contributed by atoms with van der Waals surface area (Å²) in [6, 6.07) is 17.3. The highest BCUT2D eigenvalue weighted by atomic mass is 16.1. The van der Waals surface area contributed by atoms with E-state index in [0.29, 0.717) is 6.54 Å². The first-order valence-corrected chi connectivity index (χ1v) is 12.5. The molecule has 4 heteroatoms. The predicted octanol–water partition coefficient (Wildman–Crippen LogP) is 6.01. The molecule has 0 radical (unpaired) electrons. The van der Waals surface area contributed by atoms with Crippen molar-refractivity contribution in [1.82, 2.24) is 5.32 Å². The van der Waals surface area contributed by atoms with E-state index < -0.39 is 0 Å². The van der Waals surface area contributed by atoms with E-state index in [1.807, 2.05) is 0 Å². The van der Waals surface area contributed by atoms with Crippen molar-refractivity contribution in [2.24, 2.45) is 0 Å². The average molecular weight is 469 g/mol.